The van der Waals surface area contributed by atoms with E-state index >= 15 is 0 Å². The molecule has 0 atom stereocenters. The smallest absolute Gasteiger partial charge is 0.512 e. The molecule has 3 nitrogen and oxygen atoms in total. The van der Waals surface area contributed by atoms with Crippen LogP contribution in [0.25, 0.3) is 0 Å². The third-order valence-electron chi connectivity index (χ3n) is 0.904. The van der Waals surface area contributed by atoms with E-state index < -0.39 is 0 Å². The third-order valence-corrected chi connectivity index (χ3v) is 0.904. The third kappa shape index (κ3) is 12.4. The van der Waals surface area contributed by atoms with Crippen molar-refractivity contribution in [2.75, 3.05) is 13.2 Å². The number of primary amides is 1. The number of carbonyl (C=O) groups excluding carboxylic acids is 1. The van der Waals surface area contributed by atoms with Gasteiger partial charge in [0.2, 0.25) is 0 Å². The fourth-order valence-electron chi connectivity index (χ4n) is 0.459. The predicted octanol–water partition coefficient (Wildman–Crippen LogP) is -5.71. The Morgan fingerprint density at radius 3 is 2.33 bits per heavy atom. The molecule has 0 aromatic rings. The lowest BCUT2D eigenvalue weighted by atomic mass is 10.4. The molecule has 0 saturated heterocycles. The molecule has 0 aliphatic rings. The van der Waals surface area contributed by atoms with Gasteiger partial charge in [-0.15, -0.1) is 0 Å². The number of ether oxygens (including phenoxy) is 1. The van der Waals surface area contributed by atoms with Gasteiger partial charge in [0, 0.05) is 0 Å². The number of halogens is 2. The van der Waals surface area contributed by atoms with Crippen molar-refractivity contribution in [2.45, 2.75) is 13.8 Å². The zero-order chi connectivity index (χ0) is 7.98. The molecule has 2 N–H and O–H groups in total. The summed E-state index contributed by atoms with van der Waals surface area (Å²) >= 11 is 0. The van der Waals surface area contributed by atoms with Crippen LogP contribution in [-0.2, 0) is 4.74 Å². The highest BCUT2D eigenvalue weighted by Gasteiger charge is 2.03. The molecule has 0 rings (SSSR count). The van der Waals surface area contributed by atoms with Crippen LogP contribution < -0.4 is 30.1 Å². The summed E-state index contributed by atoms with van der Waals surface area (Å²) in [6, 6.07) is 0. The standard InChI is InChI=1S/C7H13NO2.2ClH/c1-4-10-7(9)8-5-6(2)3;;/h2,4-5H2,1,3H3,(H,8,9);2*1H/p-1. The van der Waals surface area contributed by atoms with Crippen molar-refractivity contribution in [3.8, 4) is 0 Å². The van der Waals surface area contributed by atoms with Crippen molar-refractivity contribution >= 4 is 6.09 Å². The Kier molecular flexibility index (Phi) is 15.9. The van der Waals surface area contributed by atoms with Crippen molar-refractivity contribution in [1.29, 1.82) is 0 Å². The highest BCUT2D eigenvalue weighted by molar-refractivity contribution is 5.55. The van der Waals surface area contributed by atoms with Crippen LogP contribution in [0.3, 0.4) is 0 Å². The van der Waals surface area contributed by atoms with Crippen molar-refractivity contribution in [2.24, 2.45) is 0 Å². The minimum Gasteiger partial charge on any atom is -1.00 e. The van der Waals surface area contributed by atoms with Gasteiger partial charge in [-0.2, -0.15) is 4.79 Å². The van der Waals surface area contributed by atoms with E-state index in [-0.39, 0.29) is 30.9 Å². The lowest BCUT2D eigenvalue weighted by Gasteiger charge is -1.97. The van der Waals surface area contributed by atoms with Gasteiger partial charge in [-0.3, -0.25) is 0 Å². The summed E-state index contributed by atoms with van der Waals surface area (Å²) in [4.78, 5) is 10.6. The normalized spacial score (nSPS) is 7.50. The molecule has 0 spiro atoms. The molecule has 1 amide bonds. The molecule has 0 bridgehead atoms. The lowest BCUT2D eigenvalue weighted by Crippen LogP contribution is -3.00. The van der Waals surface area contributed by atoms with E-state index in [4.69, 9.17) is 0 Å². The minimum atomic E-state index is -0.259. The Morgan fingerprint density at radius 1 is 1.50 bits per heavy atom. The van der Waals surface area contributed by atoms with Gasteiger partial charge in [0.1, 0.15) is 6.54 Å². The fourth-order valence-corrected chi connectivity index (χ4v) is 0.459. The van der Waals surface area contributed by atoms with Crippen LogP contribution in [0.2, 0.25) is 0 Å². The van der Waals surface area contributed by atoms with E-state index in [0.29, 0.717) is 13.2 Å². The predicted molar refractivity (Wildman–Crippen MR) is 38.6 cm³/mol. The van der Waals surface area contributed by atoms with E-state index in [1.54, 1.807) is 6.92 Å². The SMILES string of the molecule is C=C(C)C[NH2+]C(=O)OCC.[Cl-].[Cl-]. The van der Waals surface area contributed by atoms with Crippen molar-refractivity contribution < 1.29 is 39.7 Å². The largest absolute Gasteiger partial charge is 1.00 e. The van der Waals surface area contributed by atoms with Crippen LogP contribution >= 0.6 is 0 Å². The van der Waals surface area contributed by atoms with E-state index in [0.717, 1.165) is 5.57 Å². The number of carbonyl (C=O) groups is 1. The molecule has 5 heteroatoms. The van der Waals surface area contributed by atoms with Crippen molar-refractivity contribution in [3.63, 3.8) is 0 Å². The summed E-state index contributed by atoms with van der Waals surface area (Å²) in [5.74, 6) is 0. The van der Waals surface area contributed by atoms with E-state index in [2.05, 4.69) is 11.3 Å². The average molecular weight is 215 g/mol. The Balaban J connectivity index is -0.000000405. The van der Waals surface area contributed by atoms with Crippen LogP contribution in [0.5, 0.6) is 0 Å². The monoisotopic (exact) mass is 214 g/mol. The molecule has 0 heterocycles. The van der Waals surface area contributed by atoms with Gasteiger partial charge in [-0.1, -0.05) is 6.58 Å². The summed E-state index contributed by atoms with van der Waals surface area (Å²) in [6.07, 6.45) is -0.259. The van der Waals surface area contributed by atoms with Gasteiger partial charge >= 0.3 is 6.09 Å². The second kappa shape index (κ2) is 10.8. The topological polar surface area (TPSA) is 42.9 Å². The van der Waals surface area contributed by atoms with Gasteiger partial charge in [-0.25, -0.2) is 5.32 Å². The molecule has 0 aliphatic carbocycles. The van der Waals surface area contributed by atoms with Crippen LogP contribution in [0.4, 0.5) is 4.79 Å². The molecule has 0 aliphatic heterocycles. The van der Waals surface area contributed by atoms with Gasteiger partial charge < -0.3 is 29.6 Å². The number of nitrogens with two attached hydrogens (primary N) is 1. The average Bonchev–Trinajstić information content (AvgIpc) is 1.85. The highest BCUT2D eigenvalue weighted by Crippen LogP contribution is 1.76. The van der Waals surface area contributed by atoms with Gasteiger partial charge in [0.05, 0.1) is 6.61 Å². The first-order chi connectivity index (χ1) is 4.66. The quantitative estimate of drug-likeness (QED) is 0.477. The summed E-state index contributed by atoms with van der Waals surface area (Å²) in [6.45, 7) is 8.35. The fraction of sp³-hybridized carbons (Fsp3) is 0.571. The number of hydrogen-bond donors (Lipinski definition) is 1. The summed E-state index contributed by atoms with van der Waals surface area (Å²) in [5, 5.41) is 1.49. The molecular weight excluding hydrogens is 201 g/mol. The van der Waals surface area contributed by atoms with Crippen LogP contribution in [-0.4, -0.2) is 19.2 Å². The first-order valence-corrected chi connectivity index (χ1v) is 3.31. The molecule has 0 unspecified atom stereocenters. The maximum Gasteiger partial charge on any atom is 0.512 e. The molecule has 0 fully saturated rings. The Labute approximate surface area is 85.4 Å². The Bertz CT molecular complexity index is 139. The van der Waals surface area contributed by atoms with Crippen molar-refractivity contribution in [1.82, 2.24) is 0 Å². The second-order valence-electron chi connectivity index (χ2n) is 2.12. The molecular formula is C7H14Cl2NO2-. The van der Waals surface area contributed by atoms with Gasteiger partial charge in [-0.05, 0) is 19.4 Å². The molecule has 12 heavy (non-hydrogen) atoms. The Hall–Kier alpha value is -0.250. The molecule has 0 saturated carbocycles. The van der Waals surface area contributed by atoms with Crippen LogP contribution in [0.15, 0.2) is 12.2 Å². The molecule has 74 valence electrons. The highest BCUT2D eigenvalue weighted by atomic mass is 35.5. The van der Waals surface area contributed by atoms with E-state index in [9.17, 15) is 4.79 Å². The van der Waals surface area contributed by atoms with Gasteiger partial charge in [0.25, 0.3) is 0 Å². The van der Waals surface area contributed by atoms with Crippen LogP contribution in [0, 0.1) is 0 Å². The number of amides is 1. The van der Waals surface area contributed by atoms with Crippen molar-refractivity contribution in [3.05, 3.63) is 12.2 Å². The maximum absolute atomic E-state index is 10.6. The van der Waals surface area contributed by atoms with E-state index in [1.165, 1.54) is 5.32 Å². The summed E-state index contributed by atoms with van der Waals surface area (Å²) in [5.41, 5.74) is 0.966. The molecule has 0 aromatic heterocycles. The first kappa shape index (κ1) is 17.7. The number of rotatable bonds is 3. The summed E-state index contributed by atoms with van der Waals surface area (Å²) in [7, 11) is 0. The van der Waals surface area contributed by atoms with E-state index in [1.807, 2.05) is 6.92 Å². The lowest BCUT2D eigenvalue weighted by molar-refractivity contribution is -0.562. The van der Waals surface area contributed by atoms with Crippen LogP contribution in [0.1, 0.15) is 13.8 Å². The second-order valence-corrected chi connectivity index (χ2v) is 2.12. The number of hydrogen-bond acceptors (Lipinski definition) is 2. The molecule has 0 radical (unpaired) electrons. The number of quaternary nitrogens is 1. The molecule has 0 aromatic carbocycles. The minimum absolute atomic E-state index is 0. The summed E-state index contributed by atoms with van der Waals surface area (Å²) < 4.78 is 4.66. The zero-order valence-electron chi connectivity index (χ0n) is 7.27. The Morgan fingerprint density at radius 2 is 2.00 bits per heavy atom. The van der Waals surface area contributed by atoms with Gasteiger partial charge in [0.15, 0.2) is 0 Å². The first-order valence-electron chi connectivity index (χ1n) is 3.31. The maximum atomic E-state index is 10.6. The zero-order valence-corrected chi connectivity index (χ0v) is 8.78.